The number of carbonyl (C=O) groups excluding carboxylic acids is 1. The lowest BCUT2D eigenvalue weighted by molar-refractivity contribution is -0.0222. The van der Waals surface area contributed by atoms with E-state index in [4.69, 9.17) is 4.74 Å². The van der Waals surface area contributed by atoms with Gasteiger partial charge in [-0.2, -0.15) is 4.98 Å². The van der Waals surface area contributed by atoms with Gasteiger partial charge >= 0.3 is 6.03 Å². The van der Waals surface area contributed by atoms with E-state index in [1.807, 2.05) is 0 Å². The number of carbonyl (C=O) groups is 1. The maximum absolute atomic E-state index is 13.6. The number of urea groups is 1. The molecule has 8 nitrogen and oxygen atoms in total. The summed E-state index contributed by atoms with van der Waals surface area (Å²) in [6, 6.07) is 3.10. The number of nitrogens with zero attached hydrogens (tertiary/aromatic N) is 4. The first-order valence-electron chi connectivity index (χ1n) is 11.1. The van der Waals surface area contributed by atoms with Gasteiger partial charge < -0.3 is 15.0 Å². The van der Waals surface area contributed by atoms with Gasteiger partial charge in [0.05, 0.1) is 24.7 Å². The van der Waals surface area contributed by atoms with Crippen molar-refractivity contribution in [3.05, 3.63) is 17.7 Å². The van der Waals surface area contributed by atoms with E-state index >= 15 is 0 Å². The Morgan fingerprint density at radius 3 is 2.58 bits per heavy atom. The number of anilines is 2. The summed E-state index contributed by atoms with van der Waals surface area (Å²) in [6.45, 7) is 3.07. The minimum absolute atomic E-state index is 0.135. The normalized spacial score (nSPS) is 18.0. The second kappa shape index (κ2) is 9.75. The topological polar surface area (TPSA) is 82.6 Å². The molecular weight excluding hydrogens is 430 g/mol. The summed E-state index contributed by atoms with van der Waals surface area (Å²) in [6.07, 6.45) is 1.87. The minimum atomic E-state index is -2.68. The third-order valence-corrected chi connectivity index (χ3v) is 5.97. The molecular formula is C23H28F2N6O2. The predicted octanol–water partition coefficient (Wildman–Crippen LogP) is 3.07. The highest BCUT2D eigenvalue weighted by molar-refractivity contribution is 6.00. The van der Waals surface area contributed by atoms with Gasteiger partial charge in [0, 0.05) is 38.4 Å². The summed E-state index contributed by atoms with van der Waals surface area (Å²) in [5.41, 5.74) is 1.22. The average molecular weight is 459 g/mol. The number of likely N-dealkylation sites (tertiary alicyclic amines) is 1. The van der Waals surface area contributed by atoms with Gasteiger partial charge in [-0.1, -0.05) is 11.8 Å². The molecule has 33 heavy (non-hydrogen) atoms. The summed E-state index contributed by atoms with van der Waals surface area (Å²) in [5, 5.41) is 5.78. The van der Waals surface area contributed by atoms with Gasteiger partial charge in [0.2, 0.25) is 5.95 Å². The van der Waals surface area contributed by atoms with Crippen LogP contribution in [0, 0.1) is 11.8 Å². The average Bonchev–Trinajstić information content (AvgIpc) is 3.32. The summed E-state index contributed by atoms with van der Waals surface area (Å²) >= 11 is 0. The van der Waals surface area contributed by atoms with Crippen LogP contribution in [0.25, 0.3) is 10.9 Å². The minimum Gasteiger partial charge on any atom is -0.495 e. The Hall–Kier alpha value is -3.19. The van der Waals surface area contributed by atoms with Crippen molar-refractivity contribution in [1.29, 1.82) is 0 Å². The Bertz CT molecular complexity index is 1080. The number of alkyl halides is 2. The summed E-state index contributed by atoms with van der Waals surface area (Å²) in [4.78, 5) is 25.2. The fraction of sp³-hybridized carbons (Fsp3) is 0.522. The number of ether oxygens (including phenoxy) is 1. The van der Waals surface area contributed by atoms with Crippen LogP contribution in [-0.4, -0.2) is 73.7 Å². The lowest BCUT2D eigenvalue weighted by atomic mass is 10.1. The molecule has 0 aliphatic carbocycles. The van der Waals surface area contributed by atoms with Crippen LogP contribution >= 0.6 is 0 Å². The van der Waals surface area contributed by atoms with E-state index in [1.54, 1.807) is 24.1 Å². The van der Waals surface area contributed by atoms with E-state index in [-0.39, 0.29) is 31.7 Å². The predicted molar refractivity (Wildman–Crippen MR) is 123 cm³/mol. The third kappa shape index (κ3) is 5.42. The highest BCUT2D eigenvalue weighted by Gasteiger charge is 2.35. The van der Waals surface area contributed by atoms with Crippen LogP contribution < -0.4 is 20.3 Å². The van der Waals surface area contributed by atoms with Crippen LogP contribution in [0.15, 0.2) is 12.1 Å². The van der Waals surface area contributed by atoms with Crippen LogP contribution in [0.4, 0.5) is 25.3 Å². The maximum atomic E-state index is 13.6. The van der Waals surface area contributed by atoms with Gasteiger partial charge in [-0.15, -0.1) is 0 Å². The van der Waals surface area contributed by atoms with Gasteiger partial charge in [-0.3, -0.25) is 10.2 Å². The van der Waals surface area contributed by atoms with Gasteiger partial charge in [-0.05, 0) is 38.1 Å². The van der Waals surface area contributed by atoms with Crippen molar-refractivity contribution in [2.45, 2.75) is 31.6 Å². The zero-order valence-corrected chi connectivity index (χ0v) is 18.9. The largest absolute Gasteiger partial charge is 0.495 e. The number of nitrogens with one attached hydrogen (secondary N) is 2. The molecule has 0 saturated carbocycles. The molecule has 0 bridgehead atoms. The number of aromatic nitrogens is 2. The van der Waals surface area contributed by atoms with Crippen LogP contribution in [0.5, 0.6) is 5.75 Å². The number of amides is 2. The Kier molecular flexibility index (Phi) is 6.79. The van der Waals surface area contributed by atoms with Crippen molar-refractivity contribution < 1.29 is 18.3 Å². The Morgan fingerprint density at radius 2 is 1.91 bits per heavy atom. The molecule has 0 unspecified atom stereocenters. The quantitative estimate of drug-likeness (QED) is 0.686. The smallest absolute Gasteiger partial charge is 0.320 e. The standard InChI is InChI=1S/C23H28F2N6O2/c1-26-22(32)29-20-17-15-19(33-2)16(6-5-11-30-9-3-4-10-30)14-18(17)27-21(28-20)31-12-7-23(24,25)8-13-31/h14-15H,3-4,7-13H2,1-2H3,(H2,26,27,28,29,32). The number of hydrogen-bond acceptors (Lipinski definition) is 6. The first-order chi connectivity index (χ1) is 15.9. The molecule has 0 radical (unpaired) electrons. The molecule has 4 rings (SSSR count). The molecule has 2 aliphatic heterocycles. The molecule has 2 aromatic rings. The van der Waals surface area contributed by atoms with Crippen molar-refractivity contribution in [3.8, 4) is 17.6 Å². The number of piperidine rings is 1. The fourth-order valence-corrected chi connectivity index (χ4v) is 4.04. The van der Waals surface area contributed by atoms with Gasteiger partial charge in [0.25, 0.3) is 5.92 Å². The molecule has 1 aromatic carbocycles. The van der Waals surface area contributed by atoms with Gasteiger partial charge in [0.15, 0.2) is 0 Å². The van der Waals surface area contributed by atoms with Gasteiger partial charge in [0.1, 0.15) is 11.6 Å². The molecule has 10 heteroatoms. The number of methoxy groups -OCH3 is 1. The number of benzene rings is 1. The molecule has 176 valence electrons. The molecule has 2 aliphatic rings. The fourth-order valence-electron chi connectivity index (χ4n) is 4.04. The first kappa shape index (κ1) is 23.0. The lowest BCUT2D eigenvalue weighted by Crippen LogP contribution is -2.40. The molecule has 0 spiro atoms. The Morgan fingerprint density at radius 1 is 1.18 bits per heavy atom. The zero-order chi connectivity index (χ0) is 23.4. The van der Waals surface area contributed by atoms with Crippen molar-refractivity contribution in [3.63, 3.8) is 0 Å². The van der Waals surface area contributed by atoms with Gasteiger partial charge in [-0.25, -0.2) is 18.6 Å². The number of fused-ring (bicyclic) bond motifs is 1. The molecule has 0 atom stereocenters. The first-order valence-corrected chi connectivity index (χ1v) is 11.1. The highest BCUT2D eigenvalue weighted by atomic mass is 19.3. The van der Waals surface area contributed by atoms with Crippen molar-refractivity contribution in [2.24, 2.45) is 0 Å². The third-order valence-electron chi connectivity index (χ3n) is 5.97. The second-order valence-corrected chi connectivity index (χ2v) is 8.27. The van der Waals surface area contributed by atoms with E-state index in [1.165, 1.54) is 19.9 Å². The number of halogens is 2. The van der Waals surface area contributed by atoms with Crippen molar-refractivity contribution in [2.75, 3.05) is 57.1 Å². The Balaban J connectivity index is 1.72. The number of rotatable bonds is 4. The maximum Gasteiger partial charge on any atom is 0.320 e. The molecule has 3 heterocycles. The van der Waals surface area contributed by atoms with E-state index in [2.05, 4.69) is 37.3 Å². The second-order valence-electron chi connectivity index (χ2n) is 8.27. The van der Waals surface area contributed by atoms with Crippen LogP contribution in [0.2, 0.25) is 0 Å². The summed E-state index contributed by atoms with van der Waals surface area (Å²) < 4.78 is 32.8. The summed E-state index contributed by atoms with van der Waals surface area (Å²) in [5.74, 6) is 4.82. The monoisotopic (exact) mass is 458 g/mol. The molecule has 2 N–H and O–H groups in total. The van der Waals surface area contributed by atoms with Crippen LogP contribution in [0.3, 0.4) is 0 Å². The number of hydrogen-bond donors (Lipinski definition) is 2. The molecule has 2 saturated heterocycles. The van der Waals surface area contributed by atoms with Crippen LogP contribution in [-0.2, 0) is 0 Å². The van der Waals surface area contributed by atoms with E-state index in [0.29, 0.717) is 34.7 Å². The van der Waals surface area contributed by atoms with E-state index in [0.717, 1.165) is 13.1 Å². The van der Waals surface area contributed by atoms with E-state index in [9.17, 15) is 13.6 Å². The SMILES string of the molecule is CNC(=O)Nc1nc(N2CCC(F)(F)CC2)nc2cc(C#CCN3CCCC3)c(OC)cc12. The van der Waals surface area contributed by atoms with E-state index < -0.39 is 12.0 Å². The summed E-state index contributed by atoms with van der Waals surface area (Å²) in [7, 11) is 3.06. The molecule has 2 amide bonds. The van der Waals surface area contributed by atoms with Crippen LogP contribution in [0.1, 0.15) is 31.2 Å². The Labute approximate surface area is 191 Å². The molecule has 2 fully saturated rings. The molecule has 1 aromatic heterocycles. The zero-order valence-electron chi connectivity index (χ0n) is 18.9. The lowest BCUT2D eigenvalue weighted by Gasteiger charge is -2.32. The van der Waals surface area contributed by atoms with Crippen molar-refractivity contribution >= 4 is 28.7 Å². The van der Waals surface area contributed by atoms with Crippen molar-refractivity contribution in [1.82, 2.24) is 20.2 Å². The highest BCUT2D eigenvalue weighted by Crippen LogP contribution is 2.33.